The highest BCUT2D eigenvalue weighted by Gasteiger charge is 2.24. The van der Waals surface area contributed by atoms with E-state index in [9.17, 15) is 5.11 Å². The zero-order valence-electron chi connectivity index (χ0n) is 16.4. The molecule has 2 heterocycles. The van der Waals surface area contributed by atoms with Crippen LogP contribution in [0.5, 0.6) is 0 Å². The van der Waals surface area contributed by atoms with Crippen molar-refractivity contribution < 1.29 is 5.11 Å². The highest BCUT2D eigenvalue weighted by molar-refractivity contribution is 5.92. The van der Waals surface area contributed by atoms with E-state index in [1.807, 2.05) is 30.3 Å². The van der Waals surface area contributed by atoms with Crippen molar-refractivity contribution in [2.45, 2.75) is 25.1 Å². The number of nitrogen functional groups attached to an aromatic ring is 1. The largest absolute Gasteiger partial charge is 0.399 e. The predicted molar refractivity (Wildman–Crippen MR) is 119 cm³/mol. The van der Waals surface area contributed by atoms with Gasteiger partial charge in [-0.2, -0.15) is 0 Å². The first kappa shape index (κ1) is 18.5. The van der Waals surface area contributed by atoms with Crippen LogP contribution in [-0.4, -0.2) is 21.1 Å². The first-order valence-corrected chi connectivity index (χ1v) is 10.0. The highest BCUT2D eigenvalue weighted by atomic mass is 16.3. The lowest BCUT2D eigenvalue weighted by atomic mass is 10.1. The molecule has 5 rings (SSSR count). The van der Waals surface area contributed by atoms with Crippen LogP contribution < -0.4 is 16.4 Å². The van der Waals surface area contributed by atoms with E-state index in [2.05, 4.69) is 44.9 Å². The molecule has 6 heteroatoms. The zero-order valence-corrected chi connectivity index (χ0v) is 16.4. The minimum absolute atomic E-state index is 0.168. The number of benzene rings is 2. The van der Waals surface area contributed by atoms with E-state index < -0.39 is 6.23 Å². The molecule has 4 aromatic rings. The zero-order chi connectivity index (χ0) is 20.5. The second kappa shape index (κ2) is 7.74. The maximum Gasteiger partial charge on any atom is 0.148 e. The highest BCUT2D eigenvalue weighted by Crippen LogP contribution is 2.27. The van der Waals surface area contributed by atoms with Gasteiger partial charge in [-0.25, -0.2) is 4.98 Å². The van der Waals surface area contributed by atoms with Crippen molar-refractivity contribution >= 4 is 28.1 Å². The van der Waals surface area contributed by atoms with Gasteiger partial charge in [-0.1, -0.05) is 30.3 Å². The van der Waals surface area contributed by atoms with Gasteiger partial charge < -0.3 is 16.2 Å². The second-order valence-electron chi connectivity index (χ2n) is 7.65. The van der Waals surface area contributed by atoms with Gasteiger partial charge in [-0.15, -0.1) is 0 Å². The minimum atomic E-state index is -0.900. The number of nitrogens with two attached hydrogens (primary N) is 1. The van der Waals surface area contributed by atoms with E-state index in [0.717, 1.165) is 29.4 Å². The van der Waals surface area contributed by atoms with Crippen LogP contribution in [0.3, 0.4) is 0 Å². The number of pyridine rings is 2. The summed E-state index contributed by atoms with van der Waals surface area (Å²) in [6, 6.07) is 21.8. The molecule has 150 valence electrons. The Morgan fingerprint density at radius 1 is 0.967 bits per heavy atom. The Balaban J connectivity index is 1.36. The van der Waals surface area contributed by atoms with Crippen LogP contribution >= 0.6 is 0 Å². The van der Waals surface area contributed by atoms with Crippen molar-refractivity contribution in [3.8, 4) is 0 Å². The number of aliphatic hydroxyl groups is 1. The smallest absolute Gasteiger partial charge is 0.148 e. The quantitative estimate of drug-likeness (QED) is 0.384. The molecule has 1 unspecified atom stereocenters. The summed E-state index contributed by atoms with van der Waals surface area (Å²) < 4.78 is 0. The fourth-order valence-corrected chi connectivity index (χ4v) is 4.11. The molecule has 0 bridgehead atoms. The Labute approximate surface area is 174 Å². The SMILES string of the molecule is Nc1cc(Nc2cccc3ncccc23)nc(C(O)NC2Cc3ccccc3C2)c1. The van der Waals surface area contributed by atoms with Crippen LogP contribution in [0.1, 0.15) is 23.0 Å². The van der Waals surface area contributed by atoms with Crippen molar-refractivity contribution in [2.24, 2.45) is 0 Å². The molecule has 30 heavy (non-hydrogen) atoms. The number of anilines is 3. The lowest BCUT2D eigenvalue weighted by molar-refractivity contribution is 0.120. The van der Waals surface area contributed by atoms with Crippen molar-refractivity contribution in [1.29, 1.82) is 0 Å². The van der Waals surface area contributed by atoms with Crippen LogP contribution in [-0.2, 0) is 12.8 Å². The van der Waals surface area contributed by atoms with Gasteiger partial charge >= 0.3 is 0 Å². The third-order valence-electron chi connectivity index (χ3n) is 5.50. The van der Waals surface area contributed by atoms with Gasteiger partial charge in [0, 0.05) is 35.1 Å². The van der Waals surface area contributed by atoms with Gasteiger partial charge in [0.25, 0.3) is 0 Å². The van der Waals surface area contributed by atoms with Crippen LogP contribution in [0.15, 0.2) is 72.9 Å². The number of nitrogens with one attached hydrogen (secondary N) is 2. The van der Waals surface area contributed by atoms with Gasteiger partial charge in [0.05, 0.1) is 11.2 Å². The molecular formula is C24H23N5O. The molecule has 1 atom stereocenters. The molecule has 0 radical (unpaired) electrons. The number of fused-ring (bicyclic) bond motifs is 2. The Kier molecular flexibility index (Phi) is 4.78. The Bertz CT molecular complexity index is 1180. The summed E-state index contributed by atoms with van der Waals surface area (Å²) in [5.41, 5.74) is 11.6. The van der Waals surface area contributed by atoms with E-state index in [1.54, 1.807) is 18.3 Å². The van der Waals surface area contributed by atoms with Crippen LogP contribution in [0, 0.1) is 0 Å². The fourth-order valence-electron chi connectivity index (χ4n) is 4.11. The van der Waals surface area contributed by atoms with Crippen molar-refractivity contribution in [2.75, 3.05) is 11.1 Å². The second-order valence-corrected chi connectivity index (χ2v) is 7.65. The average molecular weight is 397 g/mol. The van der Waals surface area contributed by atoms with Gasteiger partial charge in [-0.3, -0.25) is 10.3 Å². The number of rotatable bonds is 5. The Morgan fingerprint density at radius 2 is 1.77 bits per heavy atom. The molecule has 6 nitrogen and oxygen atoms in total. The third kappa shape index (κ3) is 3.70. The van der Waals surface area contributed by atoms with Crippen molar-refractivity contribution in [1.82, 2.24) is 15.3 Å². The van der Waals surface area contributed by atoms with Crippen molar-refractivity contribution in [3.05, 3.63) is 89.7 Å². The minimum Gasteiger partial charge on any atom is -0.399 e. The number of hydrogen-bond acceptors (Lipinski definition) is 6. The van der Waals surface area contributed by atoms with E-state index >= 15 is 0 Å². The molecule has 1 aliphatic rings. The number of nitrogens with zero attached hydrogens (tertiary/aromatic N) is 2. The summed E-state index contributed by atoms with van der Waals surface area (Å²) in [6.07, 6.45) is 2.65. The molecule has 0 saturated carbocycles. The molecule has 0 amide bonds. The first-order chi connectivity index (χ1) is 14.7. The molecule has 0 aliphatic heterocycles. The molecule has 0 spiro atoms. The predicted octanol–water partition coefficient (Wildman–Crippen LogP) is 3.70. The monoisotopic (exact) mass is 397 g/mol. The average Bonchev–Trinajstić information content (AvgIpc) is 3.16. The van der Waals surface area contributed by atoms with E-state index in [0.29, 0.717) is 17.2 Å². The molecule has 0 fully saturated rings. The maximum absolute atomic E-state index is 10.8. The molecule has 2 aromatic carbocycles. The molecule has 2 aromatic heterocycles. The Hall–Kier alpha value is -3.48. The molecule has 1 aliphatic carbocycles. The standard InChI is InChI=1S/C24H23N5O/c25-17-13-22(24(30)27-18-11-15-5-1-2-6-16(15)12-18)29-23(14-17)28-21-9-3-8-20-19(21)7-4-10-26-20/h1-10,13-14,18,24,27,30H,11-12H2,(H3,25,28,29). The normalized spacial score (nSPS) is 14.6. The summed E-state index contributed by atoms with van der Waals surface area (Å²) in [5.74, 6) is 0.580. The first-order valence-electron chi connectivity index (χ1n) is 10.0. The van der Waals surface area contributed by atoms with Gasteiger partial charge in [0.1, 0.15) is 12.0 Å². The molecular weight excluding hydrogens is 374 g/mol. The van der Waals surface area contributed by atoms with Crippen LogP contribution in [0.4, 0.5) is 17.2 Å². The summed E-state index contributed by atoms with van der Waals surface area (Å²) in [7, 11) is 0. The summed E-state index contributed by atoms with van der Waals surface area (Å²) in [5, 5.41) is 18.4. The molecule has 5 N–H and O–H groups in total. The number of aliphatic hydroxyl groups excluding tert-OH is 1. The topological polar surface area (TPSA) is 96.1 Å². The van der Waals surface area contributed by atoms with Gasteiger partial charge in [0.2, 0.25) is 0 Å². The van der Waals surface area contributed by atoms with Gasteiger partial charge in [-0.05, 0) is 54.3 Å². The van der Waals surface area contributed by atoms with E-state index in [1.165, 1.54) is 11.1 Å². The maximum atomic E-state index is 10.8. The summed E-state index contributed by atoms with van der Waals surface area (Å²) in [4.78, 5) is 8.99. The van der Waals surface area contributed by atoms with Crippen molar-refractivity contribution in [3.63, 3.8) is 0 Å². The van der Waals surface area contributed by atoms with Gasteiger partial charge in [0.15, 0.2) is 0 Å². The third-order valence-corrected chi connectivity index (χ3v) is 5.50. The molecule has 0 saturated heterocycles. The number of aromatic nitrogens is 2. The lowest BCUT2D eigenvalue weighted by Gasteiger charge is -2.19. The van der Waals surface area contributed by atoms with E-state index in [-0.39, 0.29) is 6.04 Å². The summed E-state index contributed by atoms with van der Waals surface area (Å²) in [6.45, 7) is 0. The summed E-state index contributed by atoms with van der Waals surface area (Å²) >= 11 is 0. The van der Waals surface area contributed by atoms with Crippen LogP contribution in [0.2, 0.25) is 0 Å². The Morgan fingerprint density at radius 3 is 2.57 bits per heavy atom. The van der Waals surface area contributed by atoms with E-state index in [4.69, 9.17) is 5.73 Å². The van der Waals surface area contributed by atoms with Crippen LogP contribution in [0.25, 0.3) is 10.9 Å². The lowest BCUT2D eigenvalue weighted by Crippen LogP contribution is -2.33. The fraction of sp³-hybridized carbons (Fsp3) is 0.167. The number of hydrogen-bond donors (Lipinski definition) is 4.